The Hall–Kier alpha value is -2.14. The number of amides is 1. The average molecular weight is 330 g/mol. The van der Waals surface area contributed by atoms with E-state index in [-0.39, 0.29) is 5.91 Å². The zero-order valence-corrected chi connectivity index (χ0v) is 12.1. The predicted molar refractivity (Wildman–Crippen MR) is 82.6 cm³/mol. The second-order valence-corrected chi connectivity index (χ2v) is 5.32. The minimum absolute atomic E-state index is 0.0566. The quantitative estimate of drug-likeness (QED) is 0.772. The minimum Gasteiger partial charge on any atom is -0.323 e. The normalized spacial score (nSPS) is 10.7. The van der Waals surface area contributed by atoms with Gasteiger partial charge in [-0.15, -0.1) is 0 Å². The van der Waals surface area contributed by atoms with Crippen molar-refractivity contribution in [3.05, 3.63) is 58.8 Å². The van der Waals surface area contributed by atoms with Gasteiger partial charge in [0.2, 0.25) is 5.91 Å². The van der Waals surface area contributed by atoms with Crippen molar-refractivity contribution in [1.82, 2.24) is 10.2 Å². The fourth-order valence-corrected chi connectivity index (χ4v) is 2.65. The Kier molecular flexibility index (Phi) is 3.52. The summed E-state index contributed by atoms with van der Waals surface area (Å²) in [4.78, 5) is 12.0. The van der Waals surface area contributed by atoms with Crippen LogP contribution >= 0.6 is 15.9 Å². The van der Waals surface area contributed by atoms with E-state index in [1.807, 2.05) is 36.4 Å². The van der Waals surface area contributed by atoms with Crippen LogP contribution < -0.4 is 5.32 Å². The van der Waals surface area contributed by atoms with E-state index in [0.717, 1.165) is 20.8 Å². The number of rotatable bonds is 3. The molecule has 0 bridgehead atoms. The molecule has 1 amide bonds. The van der Waals surface area contributed by atoms with Crippen LogP contribution in [0.2, 0.25) is 0 Å². The molecule has 0 saturated heterocycles. The van der Waals surface area contributed by atoms with Crippen LogP contribution in [0.25, 0.3) is 10.8 Å². The van der Waals surface area contributed by atoms with Gasteiger partial charge in [-0.2, -0.15) is 5.10 Å². The van der Waals surface area contributed by atoms with Gasteiger partial charge in [0.15, 0.2) is 0 Å². The van der Waals surface area contributed by atoms with Gasteiger partial charge in [-0.05, 0) is 22.4 Å². The highest BCUT2D eigenvalue weighted by Gasteiger charge is 2.09. The predicted octanol–water partition coefficient (Wildman–Crippen LogP) is 3.51. The highest BCUT2D eigenvalue weighted by Crippen LogP contribution is 2.27. The summed E-state index contributed by atoms with van der Waals surface area (Å²) in [5.74, 6) is -0.0566. The van der Waals surface area contributed by atoms with Gasteiger partial charge in [0.1, 0.15) is 0 Å². The van der Waals surface area contributed by atoms with Gasteiger partial charge in [0, 0.05) is 10.7 Å². The molecule has 2 N–H and O–H groups in total. The van der Waals surface area contributed by atoms with Crippen molar-refractivity contribution in [2.24, 2.45) is 0 Å². The number of nitrogens with zero attached hydrogens (tertiary/aromatic N) is 1. The van der Waals surface area contributed by atoms with Crippen molar-refractivity contribution < 1.29 is 4.79 Å². The SMILES string of the molecule is O=C(Cc1ccc(Br)c2ccccc12)Nc1cn[nH]c1. The summed E-state index contributed by atoms with van der Waals surface area (Å²) >= 11 is 3.53. The van der Waals surface area contributed by atoms with Gasteiger partial charge in [-0.3, -0.25) is 9.89 Å². The third kappa shape index (κ3) is 2.58. The lowest BCUT2D eigenvalue weighted by Crippen LogP contribution is -2.14. The zero-order valence-electron chi connectivity index (χ0n) is 10.6. The first-order valence-corrected chi connectivity index (χ1v) is 6.98. The van der Waals surface area contributed by atoms with Crippen molar-refractivity contribution in [2.45, 2.75) is 6.42 Å². The minimum atomic E-state index is -0.0566. The summed E-state index contributed by atoms with van der Waals surface area (Å²) in [7, 11) is 0. The van der Waals surface area contributed by atoms with Crippen molar-refractivity contribution in [1.29, 1.82) is 0 Å². The van der Waals surface area contributed by atoms with Crippen LogP contribution in [-0.2, 0) is 11.2 Å². The van der Waals surface area contributed by atoms with Gasteiger partial charge >= 0.3 is 0 Å². The third-order valence-electron chi connectivity index (χ3n) is 3.09. The molecular formula is C15H12BrN3O. The molecule has 20 heavy (non-hydrogen) atoms. The summed E-state index contributed by atoms with van der Waals surface area (Å²) in [5.41, 5.74) is 1.68. The second kappa shape index (κ2) is 5.46. The van der Waals surface area contributed by atoms with Gasteiger partial charge < -0.3 is 5.32 Å². The molecule has 0 unspecified atom stereocenters. The first kappa shape index (κ1) is 12.9. The smallest absolute Gasteiger partial charge is 0.228 e. The van der Waals surface area contributed by atoms with Crippen molar-refractivity contribution in [3.63, 3.8) is 0 Å². The maximum absolute atomic E-state index is 12.0. The summed E-state index contributed by atoms with van der Waals surface area (Å²) in [6.07, 6.45) is 3.56. The first-order valence-electron chi connectivity index (χ1n) is 6.19. The van der Waals surface area contributed by atoms with Crippen LogP contribution in [0.5, 0.6) is 0 Å². The van der Waals surface area contributed by atoms with E-state index in [0.29, 0.717) is 12.1 Å². The Morgan fingerprint density at radius 2 is 2.00 bits per heavy atom. The number of halogens is 1. The highest BCUT2D eigenvalue weighted by molar-refractivity contribution is 9.10. The lowest BCUT2D eigenvalue weighted by Gasteiger charge is -2.08. The Bertz CT molecular complexity index is 753. The number of hydrogen-bond donors (Lipinski definition) is 2. The Morgan fingerprint density at radius 3 is 2.75 bits per heavy atom. The number of aromatic amines is 1. The number of nitrogens with one attached hydrogen (secondary N) is 2. The molecule has 1 aromatic heterocycles. The molecule has 0 aliphatic heterocycles. The lowest BCUT2D eigenvalue weighted by molar-refractivity contribution is -0.115. The van der Waals surface area contributed by atoms with E-state index in [1.165, 1.54) is 0 Å². The number of hydrogen-bond acceptors (Lipinski definition) is 2. The molecule has 0 fully saturated rings. The largest absolute Gasteiger partial charge is 0.323 e. The average Bonchev–Trinajstić information content (AvgIpc) is 2.95. The number of carbonyl (C=O) groups is 1. The summed E-state index contributed by atoms with van der Waals surface area (Å²) in [6.45, 7) is 0. The molecule has 3 rings (SSSR count). The zero-order chi connectivity index (χ0) is 13.9. The third-order valence-corrected chi connectivity index (χ3v) is 3.79. The van der Waals surface area contributed by atoms with Crippen LogP contribution in [0.4, 0.5) is 5.69 Å². The van der Waals surface area contributed by atoms with Crippen LogP contribution in [0.15, 0.2) is 53.3 Å². The van der Waals surface area contributed by atoms with E-state index in [1.54, 1.807) is 12.4 Å². The van der Waals surface area contributed by atoms with Crippen molar-refractivity contribution in [3.8, 4) is 0 Å². The van der Waals surface area contributed by atoms with Gasteiger partial charge in [0.05, 0.1) is 18.3 Å². The van der Waals surface area contributed by atoms with E-state index in [9.17, 15) is 4.79 Å². The van der Waals surface area contributed by atoms with Crippen LogP contribution in [-0.4, -0.2) is 16.1 Å². The lowest BCUT2D eigenvalue weighted by atomic mass is 10.0. The highest BCUT2D eigenvalue weighted by atomic mass is 79.9. The summed E-state index contributed by atoms with van der Waals surface area (Å²) in [5, 5.41) is 11.5. The monoisotopic (exact) mass is 329 g/mol. The molecule has 4 nitrogen and oxygen atoms in total. The molecular weight excluding hydrogens is 318 g/mol. The summed E-state index contributed by atoms with van der Waals surface area (Å²) in [6, 6.07) is 12.0. The van der Waals surface area contributed by atoms with E-state index < -0.39 is 0 Å². The Morgan fingerprint density at radius 1 is 1.20 bits per heavy atom. The van der Waals surface area contributed by atoms with E-state index in [2.05, 4.69) is 31.4 Å². The van der Waals surface area contributed by atoms with Gasteiger partial charge in [-0.25, -0.2) is 0 Å². The van der Waals surface area contributed by atoms with Crippen LogP contribution in [0.1, 0.15) is 5.56 Å². The Labute approximate surface area is 124 Å². The van der Waals surface area contributed by atoms with Crippen LogP contribution in [0, 0.1) is 0 Å². The molecule has 0 aliphatic rings. The van der Waals surface area contributed by atoms with Crippen LogP contribution in [0.3, 0.4) is 0 Å². The Balaban J connectivity index is 1.87. The summed E-state index contributed by atoms with van der Waals surface area (Å²) < 4.78 is 1.03. The molecule has 0 atom stereocenters. The van der Waals surface area contributed by atoms with Gasteiger partial charge in [-0.1, -0.05) is 46.3 Å². The topological polar surface area (TPSA) is 57.8 Å². The number of fused-ring (bicyclic) bond motifs is 1. The maximum Gasteiger partial charge on any atom is 0.228 e. The number of carbonyl (C=O) groups excluding carboxylic acids is 1. The number of aromatic nitrogens is 2. The molecule has 0 radical (unpaired) electrons. The fourth-order valence-electron chi connectivity index (χ4n) is 2.18. The molecule has 0 spiro atoms. The first-order chi connectivity index (χ1) is 9.74. The molecule has 100 valence electrons. The van der Waals surface area contributed by atoms with Crippen molar-refractivity contribution >= 4 is 38.3 Å². The molecule has 0 aliphatic carbocycles. The van der Waals surface area contributed by atoms with E-state index >= 15 is 0 Å². The second-order valence-electron chi connectivity index (χ2n) is 4.46. The van der Waals surface area contributed by atoms with E-state index in [4.69, 9.17) is 0 Å². The molecule has 3 aromatic rings. The standard InChI is InChI=1S/C15H12BrN3O/c16-14-6-5-10(12-3-1-2-4-13(12)14)7-15(20)19-11-8-17-18-9-11/h1-6,8-9H,7H2,(H,17,18)(H,19,20). The molecule has 5 heteroatoms. The number of benzene rings is 2. The fraction of sp³-hybridized carbons (Fsp3) is 0.0667. The van der Waals surface area contributed by atoms with Crippen molar-refractivity contribution in [2.75, 3.05) is 5.32 Å². The number of H-pyrrole nitrogens is 1. The maximum atomic E-state index is 12.0. The van der Waals surface area contributed by atoms with Gasteiger partial charge in [0.25, 0.3) is 0 Å². The molecule has 2 aromatic carbocycles. The molecule has 1 heterocycles. The number of anilines is 1. The molecule has 0 saturated carbocycles.